The molecular weight excluding hydrogens is 230 g/mol. The first-order valence-electron chi connectivity index (χ1n) is 5.64. The van der Waals surface area contributed by atoms with E-state index in [9.17, 15) is 9.59 Å². The van der Waals surface area contributed by atoms with Crippen molar-refractivity contribution in [2.45, 2.75) is 19.4 Å². The van der Waals surface area contributed by atoms with Gasteiger partial charge in [0.25, 0.3) is 5.91 Å². The number of ketones is 1. The molecule has 1 unspecified atom stereocenters. The van der Waals surface area contributed by atoms with Gasteiger partial charge in [-0.05, 0) is 37.6 Å². The molecule has 0 aliphatic carbocycles. The second-order valence-electron chi connectivity index (χ2n) is 3.89. The smallest absolute Gasteiger partial charge is 0.251 e. The fraction of sp³-hybridized carbons (Fsp3) is 0.286. The highest BCUT2D eigenvalue weighted by atomic mass is 16.5. The Morgan fingerprint density at radius 1 is 1.39 bits per heavy atom. The molecule has 0 radical (unpaired) electrons. The number of carbonyl (C=O) groups is 2. The Hall–Kier alpha value is -2.10. The molecule has 1 atom stereocenters. The molecule has 0 aliphatic heterocycles. The van der Waals surface area contributed by atoms with Crippen LogP contribution in [0.25, 0.3) is 0 Å². The summed E-state index contributed by atoms with van der Waals surface area (Å²) in [6, 6.07) is 6.19. The Balaban J connectivity index is 2.73. The summed E-state index contributed by atoms with van der Waals surface area (Å²) in [6.07, 6.45) is 2.04. The molecule has 0 aliphatic rings. The van der Waals surface area contributed by atoms with Crippen molar-refractivity contribution in [1.29, 1.82) is 0 Å². The minimum atomic E-state index is -0.517. The molecule has 0 saturated heterocycles. The SMILES string of the molecule is C=CCC(NC(=O)c1ccc(OC)cc1)C(C)=O. The average Bonchev–Trinajstić information content (AvgIpc) is 2.38. The second-order valence-corrected chi connectivity index (χ2v) is 3.89. The summed E-state index contributed by atoms with van der Waals surface area (Å²) >= 11 is 0. The lowest BCUT2D eigenvalue weighted by atomic mass is 10.1. The van der Waals surface area contributed by atoms with E-state index < -0.39 is 6.04 Å². The van der Waals surface area contributed by atoms with E-state index in [1.807, 2.05) is 0 Å². The number of hydrogen-bond acceptors (Lipinski definition) is 3. The zero-order valence-electron chi connectivity index (χ0n) is 10.6. The summed E-state index contributed by atoms with van der Waals surface area (Å²) in [5.41, 5.74) is 0.492. The molecule has 0 spiro atoms. The fourth-order valence-electron chi connectivity index (χ4n) is 1.48. The summed E-state index contributed by atoms with van der Waals surface area (Å²) in [7, 11) is 1.56. The normalized spacial score (nSPS) is 11.4. The number of amides is 1. The molecule has 0 fully saturated rings. The molecule has 18 heavy (non-hydrogen) atoms. The van der Waals surface area contributed by atoms with E-state index in [-0.39, 0.29) is 11.7 Å². The van der Waals surface area contributed by atoms with Crippen LogP contribution in [0.4, 0.5) is 0 Å². The number of benzene rings is 1. The lowest BCUT2D eigenvalue weighted by Crippen LogP contribution is -2.39. The van der Waals surface area contributed by atoms with Gasteiger partial charge in [-0.25, -0.2) is 0 Å². The van der Waals surface area contributed by atoms with Crippen molar-refractivity contribution in [2.75, 3.05) is 7.11 Å². The van der Waals surface area contributed by atoms with Crippen LogP contribution >= 0.6 is 0 Å². The van der Waals surface area contributed by atoms with Crippen molar-refractivity contribution in [2.24, 2.45) is 0 Å². The predicted octanol–water partition coefficient (Wildman–Crippen LogP) is 1.96. The van der Waals surface area contributed by atoms with Crippen molar-refractivity contribution in [3.05, 3.63) is 42.5 Å². The maximum atomic E-state index is 11.9. The topological polar surface area (TPSA) is 55.4 Å². The third-order valence-electron chi connectivity index (χ3n) is 2.55. The van der Waals surface area contributed by atoms with Crippen molar-refractivity contribution in [3.8, 4) is 5.75 Å². The second kappa shape index (κ2) is 6.59. The maximum absolute atomic E-state index is 11.9. The maximum Gasteiger partial charge on any atom is 0.251 e. The Labute approximate surface area is 107 Å². The number of hydrogen-bond donors (Lipinski definition) is 1. The zero-order chi connectivity index (χ0) is 13.5. The van der Waals surface area contributed by atoms with Gasteiger partial charge in [-0.3, -0.25) is 9.59 Å². The van der Waals surface area contributed by atoms with E-state index in [0.29, 0.717) is 17.7 Å². The highest BCUT2D eigenvalue weighted by Crippen LogP contribution is 2.11. The molecule has 1 rings (SSSR count). The largest absolute Gasteiger partial charge is 0.497 e. The van der Waals surface area contributed by atoms with Gasteiger partial charge in [-0.15, -0.1) is 6.58 Å². The number of rotatable bonds is 6. The van der Waals surface area contributed by atoms with E-state index in [2.05, 4.69) is 11.9 Å². The average molecular weight is 247 g/mol. The van der Waals surface area contributed by atoms with Gasteiger partial charge in [0.05, 0.1) is 13.2 Å². The molecule has 96 valence electrons. The lowest BCUT2D eigenvalue weighted by Gasteiger charge is -2.14. The third kappa shape index (κ3) is 3.73. The Kier molecular flexibility index (Phi) is 5.11. The van der Waals surface area contributed by atoms with Crippen LogP contribution in [0.1, 0.15) is 23.7 Å². The number of methoxy groups -OCH3 is 1. The molecule has 1 amide bonds. The van der Waals surface area contributed by atoms with Crippen LogP contribution in [-0.4, -0.2) is 24.8 Å². The van der Waals surface area contributed by atoms with Crippen LogP contribution in [0.2, 0.25) is 0 Å². The summed E-state index contributed by atoms with van der Waals surface area (Å²) in [5.74, 6) is 0.317. The Morgan fingerprint density at radius 3 is 2.44 bits per heavy atom. The molecule has 0 saturated carbocycles. The van der Waals surface area contributed by atoms with E-state index >= 15 is 0 Å². The molecule has 4 heteroatoms. The van der Waals surface area contributed by atoms with Crippen molar-refractivity contribution in [1.82, 2.24) is 5.32 Å². The van der Waals surface area contributed by atoms with Crippen LogP contribution in [-0.2, 0) is 4.79 Å². The van der Waals surface area contributed by atoms with Gasteiger partial charge in [0.2, 0.25) is 0 Å². The highest BCUT2D eigenvalue weighted by Gasteiger charge is 2.16. The summed E-state index contributed by atoms with van der Waals surface area (Å²) in [5, 5.41) is 2.67. The lowest BCUT2D eigenvalue weighted by molar-refractivity contribution is -0.118. The van der Waals surface area contributed by atoms with Crippen LogP contribution < -0.4 is 10.1 Å². The minimum Gasteiger partial charge on any atom is -0.497 e. The number of Topliss-reactive ketones (excluding diaryl/α,β-unsaturated/α-hetero) is 1. The van der Waals surface area contributed by atoms with Crippen molar-refractivity contribution in [3.63, 3.8) is 0 Å². The minimum absolute atomic E-state index is 0.0863. The Morgan fingerprint density at radius 2 is 2.00 bits per heavy atom. The van der Waals surface area contributed by atoms with E-state index in [0.717, 1.165) is 0 Å². The van der Waals surface area contributed by atoms with E-state index in [4.69, 9.17) is 4.74 Å². The van der Waals surface area contributed by atoms with Crippen LogP contribution in [0.3, 0.4) is 0 Å². The Bertz CT molecular complexity index is 437. The van der Waals surface area contributed by atoms with Gasteiger partial charge in [0.15, 0.2) is 5.78 Å². The van der Waals surface area contributed by atoms with Crippen LogP contribution in [0.5, 0.6) is 5.75 Å². The quantitative estimate of drug-likeness (QED) is 0.782. The molecular formula is C14H17NO3. The van der Waals surface area contributed by atoms with Gasteiger partial charge < -0.3 is 10.1 Å². The summed E-state index contributed by atoms with van der Waals surface area (Å²) < 4.78 is 5.01. The fourth-order valence-corrected chi connectivity index (χ4v) is 1.48. The first kappa shape index (κ1) is 14.0. The first-order chi connectivity index (χ1) is 8.58. The zero-order valence-corrected chi connectivity index (χ0v) is 10.6. The summed E-state index contributed by atoms with van der Waals surface area (Å²) in [4.78, 5) is 23.2. The summed E-state index contributed by atoms with van der Waals surface area (Å²) in [6.45, 7) is 5.01. The standard InChI is InChI=1S/C14H17NO3/c1-4-5-13(10(2)16)15-14(17)11-6-8-12(18-3)9-7-11/h4,6-9,13H,1,5H2,2-3H3,(H,15,17). The predicted molar refractivity (Wildman–Crippen MR) is 69.7 cm³/mol. The van der Waals surface area contributed by atoms with E-state index in [1.165, 1.54) is 6.92 Å². The van der Waals surface area contributed by atoms with Gasteiger partial charge in [-0.1, -0.05) is 6.08 Å². The molecule has 0 bridgehead atoms. The van der Waals surface area contributed by atoms with Crippen molar-refractivity contribution >= 4 is 11.7 Å². The number of ether oxygens (including phenoxy) is 1. The monoisotopic (exact) mass is 247 g/mol. The van der Waals surface area contributed by atoms with Gasteiger partial charge in [0.1, 0.15) is 5.75 Å². The molecule has 4 nitrogen and oxygen atoms in total. The van der Waals surface area contributed by atoms with Gasteiger partial charge in [-0.2, -0.15) is 0 Å². The van der Waals surface area contributed by atoms with Gasteiger partial charge in [0, 0.05) is 5.56 Å². The molecule has 0 aromatic heterocycles. The molecule has 1 aromatic carbocycles. The number of nitrogens with one attached hydrogen (secondary N) is 1. The number of carbonyl (C=O) groups excluding carboxylic acids is 2. The molecule has 1 N–H and O–H groups in total. The van der Waals surface area contributed by atoms with E-state index in [1.54, 1.807) is 37.5 Å². The van der Waals surface area contributed by atoms with Gasteiger partial charge >= 0.3 is 0 Å². The molecule has 0 heterocycles. The van der Waals surface area contributed by atoms with Crippen LogP contribution in [0, 0.1) is 0 Å². The van der Waals surface area contributed by atoms with Crippen molar-refractivity contribution < 1.29 is 14.3 Å². The third-order valence-corrected chi connectivity index (χ3v) is 2.55. The van der Waals surface area contributed by atoms with Crippen LogP contribution in [0.15, 0.2) is 36.9 Å². The highest BCUT2D eigenvalue weighted by molar-refractivity contribution is 5.97. The first-order valence-corrected chi connectivity index (χ1v) is 5.64. The molecule has 1 aromatic rings.